The minimum atomic E-state index is -0.270. The Morgan fingerprint density at radius 3 is 3.22 bits per heavy atom. The second kappa shape index (κ2) is 4.67. The van der Waals surface area contributed by atoms with Crippen LogP contribution in [-0.4, -0.2) is 29.4 Å². The Balaban J connectivity index is 1.78. The van der Waals surface area contributed by atoms with E-state index in [0.717, 1.165) is 45.3 Å². The maximum atomic E-state index is 12.8. The largest absolute Gasteiger partial charge is 0.336 e. The van der Waals surface area contributed by atoms with Crippen molar-refractivity contribution < 1.29 is 4.79 Å². The molecule has 1 saturated heterocycles. The van der Waals surface area contributed by atoms with Gasteiger partial charge >= 0.3 is 0 Å². The standard InChI is InChI=1S/C14H20N2OS/c1-2-14(6-3-7-15-14)13(17)16-8-4-12-11(10-16)5-9-18-12/h5,9,15H,2-4,6-8,10H2,1H3. The first kappa shape index (κ1) is 12.2. The van der Waals surface area contributed by atoms with Crippen molar-refractivity contribution in [1.82, 2.24) is 10.2 Å². The fourth-order valence-corrected chi connectivity index (χ4v) is 4.06. The van der Waals surface area contributed by atoms with Gasteiger partial charge in [0, 0.05) is 18.0 Å². The van der Waals surface area contributed by atoms with Gasteiger partial charge < -0.3 is 10.2 Å². The van der Waals surface area contributed by atoms with Crippen LogP contribution in [0.2, 0.25) is 0 Å². The van der Waals surface area contributed by atoms with Gasteiger partial charge in [0.15, 0.2) is 0 Å². The summed E-state index contributed by atoms with van der Waals surface area (Å²) in [7, 11) is 0. The summed E-state index contributed by atoms with van der Waals surface area (Å²) in [5, 5.41) is 5.59. The maximum Gasteiger partial charge on any atom is 0.243 e. The first-order valence-electron chi connectivity index (χ1n) is 6.85. The lowest BCUT2D eigenvalue weighted by molar-refractivity contribution is -0.139. The summed E-state index contributed by atoms with van der Waals surface area (Å²) >= 11 is 1.82. The molecule has 1 unspecified atom stereocenters. The van der Waals surface area contributed by atoms with Crippen LogP contribution in [0, 0.1) is 0 Å². The molecule has 0 spiro atoms. The lowest BCUT2D eigenvalue weighted by Crippen LogP contribution is -2.55. The number of nitrogens with one attached hydrogen (secondary N) is 1. The van der Waals surface area contributed by atoms with Crippen LogP contribution in [0.5, 0.6) is 0 Å². The second-order valence-corrected chi connectivity index (χ2v) is 6.31. The van der Waals surface area contributed by atoms with Gasteiger partial charge in [0.25, 0.3) is 0 Å². The molecule has 0 saturated carbocycles. The third-order valence-electron chi connectivity index (χ3n) is 4.35. The molecular weight excluding hydrogens is 244 g/mol. The average molecular weight is 264 g/mol. The molecule has 2 aliphatic rings. The van der Waals surface area contributed by atoms with Gasteiger partial charge in [-0.25, -0.2) is 0 Å². The number of thiophene rings is 1. The van der Waals surface area contributed by atoms with Crippen molar-refractivity contribution in [2.45, 2.75) is 44.7 Å². The molecule has 1 atom stereocenters. The zero-order valence-electron chi connectivity index (χ0n) is 10.9. The molecule has 1 aromatic rings. The van der Waals surface area contributed by atoms with Crippen molar-refractivity contribution in [2.24, 2.45) is 0 Å². The SMILES string of the molecule is CCC1(C(=O)N2CCc3sccc3C2)CCCN1. The lowest BCUT2D eigenvalue weighted by atomic mass is 9.91. The molecule has 18 heavy (non-hydrogen) atoms. The molecule has 4 heteroatoms. The highest BCUT2D eigenvalue weighted by atomic mass is 32.1. The molecule has 1 fully saturated rings. The Labute approximate surface area is 112 Å². The second-order valence-electron chi connectivity index (χ2n) is 5.31. The minimum Gasteiger partial charge on any atom is -0.336 e. The van der Waals surface area contributed by atoms with Gasteiger partial charge in [0.1, 0.15) is 0 Å². The minimum absolute atomic E-state index is 0.270. The van der Waals surface area contributed by atoms with Crippen LogP contribution in [0.4, 0.5) is 0 Å². The van der Waals surface area contributed by atoms with E-state index < -0.39 is 0 Å². The smallest absolute Gasteiger partial charge is 0.243 e. The predicted molar refractivity (Wildman–Crippen MR) is 73.7 cm³/mol. The zero-order valence-corrected chi connectivity index (χ0v) is 11.7. The highest BCUT2D eigenvalue weighted by Crippen LogP contribution is 2.30. The summed E-state index contributed by atoms with van der Waals surface area (Å²) in [5.74, 6) is 0.319. The van der Waals surface area contributed by atoms with Crippen molar-refractivity contribution in [3.05, 3.63) is 21.9 Å². The number of carbonyl (C=O) groups excluding carboxylic acids is 1. The Kier molecular flexibility index (Phi) is 3.16. The van der Waals surface area contributed by atoms with Crippen molar-refractivity contribution in [2.75, 3.05) is 13.1 Å². The highest BCUT2D eigenvalue weighted by molar-refractivity contribution is 7.10. The number of hydrogen-bond donors (Lipinski definition) is 1. The fourth-order valence-electron chi connectivity index (χ4n) is 3.17. The van der Waals surface area contributed by atoms with E-state index in [1.54, 1.807) is 0 Å². The third-order valence-corrected chi connectivity index (χ3v) is 5.37. The summed E-state index contributed by atoms with van der Waals surface area (Å²) in [6, 6.07) is 2.17. The monoisotopic (exact) mass is 264 g/mol. The number of fused-ring (bicyclic) bond motifs is 1. The number of amides is 1. The normalized spacial score (nSPS) is 27.3. The van der Waals surface area contributed by atoms with Gasteiger partial charge in [0.2, 0.25) is 5.91 Å². The molecule has 98 valence electrons. The first-order chi connectivity index (χ1) is 8.75. The van der Waals surface area contributed by atoms with Crippen LogP contribution in [0.1, 0.15) is 36.6 Å². The van der Waals surface area contributed by atoms with E-state index in [0.29, 0.717) is 5.91 Å². The summed E-state index contributed by atoms with van der Waals surface area (Å²) in [6.45, 7) is 4.80. The van der Waals surface area contributed by atoms with Crippen molar-refractivity contribution >= 4 is 17.2 Å². The van der Waals surface area contributed by atoms with Crippen LogP contribution in [0.25, 0.3) is 0 Å². The molecule has 1 amide bonds. The molecule has 3 rings (SSSR count). The topological polar surface area (TPSA) is 32.3 Å². The molecule has 0 bridgehead atoms. The quantitative estimate of drug-likeness (QED) is 0.888. The molecule has 0 radical (unpaired) electrons. The number of nitrogens with zero attached hydrogens (tertiary/aromatic N) is 1. The van der Waals surface area contributed by atoms with Gasteiger partial charge in [-0.3, -0.25) is 4.79 Å². The van der Waals surface area contributed by atoms with E-state index in [2.05, 4.69) is 28.6 Å². The van der Waals surface area contributed by atoms with Gasteiger partial charge in [-0.2, -0.15) is 0 Å². The van der Waals surface area contributed by atoms with E-state index >= 15 is 0 Å². The number of rotatable bonds is 2. The van der Waals surface area contributed by atoms with Crippen molar-refractivity contribution in [1.29, 1.82) is 0 Å². The van der Waals surface area contributed by atoms with Crippen LogP contribution in [0.15, 0.2) is 11.4 Å². The van der Waals surface area contributed by atoms with E-state index in [-0.39, 0.29) is 5.54 Å². The van der Waals surface area contributed by atoms with Gasteiger partial charge in [-0.05, 0) is 49.2 Å². The number of hydrogen-bond acceptors (Lipinski definition) is 3. The van der Waals surface area contributed by atoms with Crippen LogP contribution >= 0.6 is 11.3 Å². The zero-order chi connectivity index (χ0) is 12.6. The van der Waals surface area contributed by atoms with E-state index in [1.165, 1.54) is 10.4 Å². The van der Waals surface area contributed by atoms with E-state index in [9.17, 15) is 4.79 Å². The maximum absolute atomic E-state index is 12.8. The number of carbonyl (C=O) groups is 1. The summed E-state index contributed by atoms with van der Waals surface area (Å²) in [5.41, 5.74) is 1.08. The molecule has 3 nitrogen and oxygen atoms in total. The molecule has 3 heterocycles. The van der Waals surface area contributed by atoms with E-state index in [4.69, 9.17) is 0 Å². The first-order valence-corrected chi connectivity index (χ1v) is 7.73. The highest BCUT2D eigenvalue weighted by Gasteiger charge is 2.42. The molecule has 0 aliphatic carbocycles. The van der Waals surface area contributed by atoms with Gasteiger partial charge in [-0.1, -0.05) is 6.92 Å². The van der Waals surface area contributed by atoms with E-state index in [1.807, 2.05) is 11.3 Å². The lowest BCUT2D eigenvalue weighted by Gasteiger charge is -2.36. The Morgan fingerprint density at radius 2 is 2.50 bits per heavy atom. The average Bonchev–Trinajstić information content (AvgIpc) is 3.06. The predicted octanol–water partition coefficient (Wildman–Crippen LogP) is 2.17. The Bertz CT molecular complexity index is 448. The third kappa shape index (κ3) is 1.88. The van der Waals surface area contributed by atoms with Crippen molar-refractivity contribution in [3.63, 3.8) is 0 Å². The molecule has 2 aliphatic heterocycles. The van der Waals surface area contributed by atoms with Crippen LogP contribution < -0.4 is 5.32 Å². The van der Waals surface area contributed by atoms with Gasteiger partial charge in [-0.15, -0.1) is 11.3 Å². The summed E-state index contributed by atoms with van der Waals surface area (Å²) in [6.07, 6.45) is 4.05. The van der Waals surface area contributed by atoms with Crippen LogP contribution in [-0.2, 0) is 17.8 Å². The van der Waals surface area contributed by atoms with Crippen molar-refractivity contribution in [3.8, 4) is 0 Å². The molecule has 1 N–H and O–H groups in total. The summed E-state index contributed by atoms with van der Waals surface area (Å²) in [4.78, 5) is 16.3. The Hall–Kier alpha value is -0.870. The molecule has 0 aromatic carbocycles. The molecular formula is C14H20N2OS. The molecule has 1 aromatic heterocycles. The summed E-state index contributed by atoms with van der Waals surface area (Å²) < 4.78 is 0. The van der Waals surface area contributed by atoms with Crippen LogP contribution in [0.3, 0.4) is 0 Å². The fraction of sp³-hybridized carbons (Fsp3) is 0.643. The van der Waals surface area contributed by atoms with Gasteiger partial charge in [0.05, 0.1) is 5.54 Å². The Morgan fingerprint density at radius 1 is 1.61 bits per heavy atom.